The first-order valence-electron chi connectivity index (χ1n) is 5.53. The number of benzene rings is 1. The molecule has 0 aliphatic heterocycles. The van der Waals surface area contributed by atoms with Crippen LogP contribution in [0.4, 0.5) is 4.39 Å². The molecule has 1 nitrogen and oxygen atoms in total. The van der Waals surface area contributed by atoms with Gasteiger partial charge in [-0.1, -0.05) is 25.1 Å². The van der Waals surface area contributed by atoms with Crippen molar-refractivity contribution in [2.75, 3.05) is 6.61 Å². The minimum atomic E-state index is -0.349. The predicted octanol–water partition coefficient (Wildman–Crippen LogP) is 3.38. The highest BCUT2D eigenvalue weighted by Gasteiger charge is 2.26. The van der Waals surface area contributed by atoms with Crippen LogP contribution in [0.25, 0.3) is 0 Å². The van der Waals surface area contributed by atoms with Crippen molar-refractivity contribution < 1.29 is 9.50 Å². The van der Waals surface area contributed by atoms with Crippen molar-refractivity contribution in [2.45, 2.75) is 18.8 Å². The highest BCUT2D eigenvalue weighted by molar-refractivity contribution is 7.09. The van der Waals surface area contributed by atoms with Crippen molar-refractivity contribution in [2.24, 2.45) is 0 Å². The van der Waals surface area contributed by atoms with E-state index in [9.17, 15) is 9.50 Å². The van der Waals surface area contributed by atoms with Gasteiger partial charge in [0.2, 0.25) is 0 Å². The maximum Gasteiger partial charge on any atom is 0.123 e. The molecule has 0 bridgehead atoms. The van der Waals surface area contributed by atoms with Crippen LogP contribution in [0, 0.1) is 5.82 Å². The van der Waals surface area contributed by atoms with E-state index in [1.165, 1.54) is 17.0 Å². The van der Waals surface area contributed by atoms with Crippen LogP contribution in [0.3, 0.4) is 0 Å². The Morgan fingerprint density at radius 1 is 1.24 bits per heavy atom. The summed E-state index contributed by atoms with van der Waals surface area (Å²) in [5.41, 5.74) is 0.619. The maximum atomic E-state index is 12.9. The fraction of sp³-hybridized carbons (Fsp3) is 0.286. The van der Waals surface area contributed by atoms with Gasteiger partial charge < -0.3 is 5.11 Å². The Bertz CT molecular complexity index is 463. The monoisotopic (exact) mass is 250 g/mol. The van der Waals surface area contributed by atoms with Gasteiger partial charge in [-0.05, 0) is 35.6 Å². The van der Waals surface area contributed by atoms with Gasteiger partial charge in [0.1, 0.15) is 5.82 Å². The lowest BCUT2D eigenvalue weighted by atomic mass is 9.80. The van der Waals surface area contributed by atoms with E-state index in [2.05, 4.69) is 6.07 Å². The van der Waals surface area contributed by atoms with Crippen LogP contribution < -0.4 is 0 Å². The molecule has 0 saturated heterocycles. The van der Waals surface area contributed by atoms with Gasteiger partial charge in [0.05, 0.1) is 6.61 Å². The Balaban J connectivity index is 2.27. The zero-order chi connectivity index (χ0) is 12.3. The molecule has 0 fully saturated rings. The Morgan fingerprint density at radius 3 is 2.47 bits per heavy atom. The van der Waals surface area contributed by atoms with Gasteiger partial charge in [-0.2, -0.15) is 0 Å². The number of aliphatic hydroxyl groups is 1. The third-order valence-electron chi connectivity index (χ3n) is 3.03. The molecule has 1 unspecified atom stereocenters. The van der Waals surface area contributed by atoms with Gasteiger partial charge in [-0.15, -0.1) is 11.3 Å². The highest BCUT2D eigenvalue weighted by atomic mass is 32.1. The fourth-order valence-corrected chi connectivity index (χ4v) is 2.79. The molecular formula is C14H15FOS. The molecule has 0 aliphatic carbocycles. The second-order valence-corrected chi connectivity index (χ2v) is 5.51. The molecule has 0 radical (unpaired) electrons. The summed E-state index contributed by atoms with van der Waals surface area (Å²) in [7, 11) is 0. The normalized spacial score (nSPS) is 14.5. The molecule has 90 valence electrons. The molecule has 17 heavy (non-hydrogen) atoms. The summed E-state index contributed by atoms with van der Waals surface area (Å²) < 4.78 is 12.9. The van der Waals surface area contributed by atoms with Crippen molar-refractivity contribution in [1.82, 2.24) is 0 Å². The largest absolute Gasteiger partial charge is 0.395 e. The molecule has 1 N–H and O–H groups in total. The van der Waals surface area contributed by atoms with E-state index in [-0.39, 0.29) is 17.8 Å². The average molecular weight is 250 g/mol. The summed E-state index contributed by atoms with van der Waals surface area (Å²) in [5.74, 6) is -0.245. The first kappa shape index (κ1) is 12.3. The second-order valence-electron chi connectivity index (χ2n) is 4.48. The fourth-order valence-electron chi connectivity index (χ4n) is 1.90. The third-order valence-corrected chi connectivity index (χ3v) is 3.91. The van der Waals surface area contributed by atoms with Crippen LogP contribution in [-0.2, 0) is 11.8 Å². The number of thiophene rings is 1. The van der Waals surface area contributed by atoms with Crippen LogP contribution >= 0.6 is 11.3 Å². The molecule has 1 aromatic heterocycles. The smallest absolute Gasteiger partial charge is 0.123 e. The van der Waals surface area contributed by atoms with E-state index in [0.29, 0.717) is 0 Å². The van der Waals surface area contributed by atoms with Crippen LogP contribution in [0.15, 0.2) is 41.8 Å². The average Bonchev–Trinajstić information content (AvgIpc) is 2.82. The summed E-state index contributed by atoms with van der Waals surface area (Å²) in [6.07, 6.45) is 0.771. The number of hydrogen-bond acceptors (Lipinski definition) is 2. The van der Waals surface area contributed by atoms with E-state index in [1.807, 2.05) is 18.4 Å². The van der Waals surface area contributed by atoms with Crippen LogP contribution in [-0.4, -0.2) is 11.7 Å². The van der Waals surface area contributed by atoms with E-state index in [4.69, 9.17) is 0 Å². The van der Waals surface area contributed by atoms with E-state index in [0.717, 1.165) is 12.0 Å². The zero-order valence-corrected chi connectivity index (χ0v) is 10.5. The van der Waals surface area contributed by atoms with E-state index in [1.54, 1.807) is 23.5 Å². The third kappa shape index (κ3) is 2.73. The topological polar surface area (TPSA) is 20.2 Å². The molecular weight excluding hydrogens is 235 g/mol. The minimum absolute atomic E-state index is 0.0521. The van der Waals surface area contributed by atoms with Gasteiger partial charge in [-0.3, -0.25) is 0 Å². The second kappa shape index (κ2) is 4.98. The van der Waals surface area contributed by atoms with E-state index < -0.39 is 0 Å². The lowest BCUT2D eigenvalue weighted by molar-refractivity contribution is 0.205. The standard InChI is InChI=1S/C14H15FOS/c1-14(10-16,9-13-3-2-8-17-13)11-4-6-12(15)7-5-11/h2-8,16H,9-10H2,1H3. The number of hydrogen-bond donors (Lipinski definition) is 1. The van der Waals surface area contributed by atoms with Crippen molar-refractivity contribution in [3.8, 4) is 0 Å². The van der Waals surface area contributed by atoms with Crippen molar-refractivity contribution in [3.63, 3.8) is 0 Å². The van der Waals surface area contributed by atoms with Crippen LogP contribution in [0.1, 0.15) is 17.4 Å². The Labute approximate surface area is 105 Å². The molecule has 0 aliphatic rings. The minimum Gasteiger partial charge on any atom is -0.395 e. The van der Waals surface area contributed by atoms with E-state index >= 15 is 0 Å². The van der Waals surface area contributed by atoms with Crippen molar-refractivity contribution in [3.05, 3.63) is 58.0 Å². The predicted molar refractivity (Wildman–Crippen MR) is 68.9 cm³/mol. The number of halogens is 1. The van der Waals surface area contributed by atoms with Crippen LogP contribution in [0.2, 0.25) is 0 Å². The van der Waals surface area contributed by atoms with Gasteiger partial charge >= 0.3 is 0 Å². The molecule has 1 atom stereocenters. The Kier molecular flexibility index (Phi) is 3.60. The molecule has 0 spiro atoms. The summed E-state index contributed by atoms with van der Waals surface area (Å²) in [6.45, 7) is 2.05. The molecule has 2 aromatic rings. The van der Waals surface area contributed by atoms with Gasteiger partial charge in [0, 0.05) is 10.3 Å². The highest BCUT2D eigenvalue weighted by Crippen LogP contribution is 2.29. The first-order chi connectivity index (χ1) is 8.14. The summed E-state index contributed by atoms with van der Waals surface area (Å²) in [6, 6.07) is 10.4. The quantitative estimate of drug-likeness (QED) is 0.882. The Morgan fingerprint density at radius 2 is 1.94 bits per heavy atom. The van der Waals surface area contributed by atoms with Gasteiger partial charge in [0.15, 0.2) is 0 Å². The molecule has 1 aromatic carbocycles. The SMILES string of the molecule is CC(CO)(Cc1cccs1)c1ccc(F)cc1. The molecule has 1 heterocycles. The van der Waals surface area contributed by atoms with Gasteiger partial charge in [-0.25, -0.2) is 4.39 Å². The lowest BCUT2D eigenvalue weighted by Gasteiger charge is -2.27. The molecule has 3 heteroatoms. The maximum absolute atomic E-state index is 12.9. The Hall–Kier alpha value is -1.19. The molecule has 0 saturated carbocycles. The zero-order valence-electron chi connectivity index (χ0n) is 9.69. The van der Waals surface area contributed by atoms with Gasteiger partial charge in [0.25, 0.3) is 0 Å². The summed E-state index contributed by atoms with van der Waals surface area (Å²) in [5, 5.41) is 11.6. The number of rotatable bonds is 4. The summed E-state index contributed by atoms with van der Waals surface area (Å²) >= 11 is 1.68. The van der Waals surface area contributed by atoms with Crippen LogP contribution in [0.5, 0.6) is 0 Å². The molecule has 2 rings (SSSR count). The molecule has 0 amide bonds. The van der Waals surface area contributed by atoms with Crippen molar-refractivity contribution >= 4 is 11.3 Å². The lowest BCUT2D eigenvalue weighted by Crippen LogP contribution is -2.29. The van der Waals surface area contributed by atoms with Crippen molar-refractivity contribution in [1.29, 1.82) is 0 Å². The first-order valence-corrected chi connectivity index (χ1v) is 6.41. The number of aliphatic hydroxyl groups excluding tert-OH is 1. The summed E-state index contributed by atoms with van der Waals surface area (Å²) in [4.78, 5) is 1.23.